The number of carbonyl (C=O) groups is 1. The van der Waals surface area contributed by atoms with E-state index in [4.69, 9.17) is 22.0 Å². The van der Waals surface area contributed by atoms with Crippen LogP contribution in [0.5, 0.6) is 0 Å². The highest BCUT2D eigenvalue weighted by Gasteiger charge is 2.56. The first kappa shape index (κ1) is 22.6. The van der Waals surface area contributed by atoms with E-state index >= 15 is 0 Å². The van der Waals surface area contributed by atoms with Gasteiger partial charge in [-0.15, -0.1) is 24.8 Å². The van der Waals surface area contributed by atoms with Gasteiger partial charge in [0.15, 0.2) is 5.54 Å². The zero-order chi connectivity index (χ0) is 13.1. The lowest BCUT2D eigenvalue weighted by molar-refractivity contribution is -0.194. The molecule has 10 heteroatoms. The maximum absolute atomic E-state index is 12.6. The van der Waals surface area contributed by atoms with Crippen molar-refractivity contribution in [2.75, 3.05) is 6.54 Å². The van der Waals surface area contributed by atoms with Crippen LogP contribution in [0.25, 0.3) is 0 Å². The molecular weight excluding hydrogens is 298 g/mol. The number of rotatable bonds is 5. The fraction of sp³-hybridized carbons (Fsp3) is 0.750. The largest absolute Gasteiger partial charge is 0.480 e. The summed E-state index contributed by atoms with van der Waals surface area (Å²) in [6.45, 7) is 0.576. The Morgan fingerprint density at radius 1 is 1.39 bits per heavy atom. The molecule has 0 bridgehead atoms. The lowest BCUT2D eigenvalue weighted by Crippen LogP contribution is -2.63. The fourth-order valence-electron chi connectivity index (χ4n) is 1.39. The molecule has 0 aromatic carbocycles. The molecule has 0 rings (SSSR count). The minimum atomic E-state index is -4.81. The molecule has 0 aliphatic heterocycles. The van der Waals surface area contributed by atoms with Gasteiger partial charge < -0.3 is 22.0 Å². The molecule has 18 heavy (non-hydrogen) atoms. The van der Waals surface area contributed by atoms with E-state index in [2.05, 4.69) is 0 Å². The Bertz CT molecular complexity index is 286. The van der Waals surface area contributed by atoms with E-state index in [1.807, 2.05) is 0 Å². The van der Waals surface area contributed by atoms with Crippen LogP contribution in [0.1, 0.15) is 13.3 Å². The van der Waals surface area contributed by atoms with E-state index in [9.17, 15) is 18.0 Å². The minimum Gasteiger partial charge on any atom is -0.480 e. The predicted molar refractivity (Wildman–Crippen MR) is 65.7 cm³/mol. The van der Waals surface area contributed by atoms with E-state index in [0.29, 0.717) is 0 Å². The molecule has 0 aromatic heterocycles. The molecule has 0 saturated heterocycles. The molecule has 0 fully saturated rings. The van der Waals surface area contributed by atoms with Crippen molar-refractivity contribution in [3.63, 3.8) is 0 Å². The summed E-state index contributed by atoms with van der Waals surface area (Å²) < 4.78 is 37.9. The SMILES string of the molecule is CC(=N)C(N)(C(=O)O)C(CCN)C(F)(F)F.Cl.Cl. The van der Waals surface area contributed by atoms with Crippen LogP contribution in [0.3, 0.4) is 0 Å². The Balaban J connectivity index is -0.00000112. The van der Waals surface area contributed by atoms with Gasteiger partial charge >= 0.3 is 12.1 Å². The molecule has 110 valence electrons. The van der Waals surface area contributed by atoms with Crippen molar-refractivity contribution >= 4 is 36.5 Å². The molecular formula is C8H16Cl2F3N3O2. The van der Waals surface area contributed by atoms with Crippen LogP contribution < -0.4 is 11.5 Å². The summed E-state index contributed by atoms with van der Waals surface area (Å²) >= 11 is 0. The molecule has 0 radical (unpaired) electrons. The number of carboxylic acid groups (broad SMARTS) is 1. The van der Waals surface area contributed by atoms with E-state index in [1.165, 1.54) is 0 Å². The number of aliphatic carboxylic acids is 1. The highest BCUT2D eigenvalue weighted by molar-refractivity contribution is 6.08. The number of carboxylic acids is 1. The zero-order valence-electron chi connectivity index (χ0n) is 9.45. The van der Waals surface area contributed by atoms with Crippen molar-refractivity contribution in [3.8, 4) is 0 Å². The predicted octanol–water partition coefficient (Wildman–Crippen LogP) is 1.18. The van der Waals surface area contributed by atoms with Gasteiger partial charge in [0.25, 0.3) is 0 Å². The molecule has 2 unspecified atom stereocenters. The summed E-state index contributed by atoms with van der Waals surface area (Å²) in [5, 5.41) is 15.9. The third kappa shape index (κ3) is 4.60. The summed E-state index contributed by atoms with van der Waals surface area (Å²) in [6, 6.07) is 0. The number of halogens is 5. The van der Waals surface area contributed by atoms with Crippen LogP contribution >= 0.6 is 24.8 Å². The van der Waals surface area contributed by atoms with Crippen molar-refractivity contribution in [2.24, 2.45) is 17.4 Å². The monoisotopic (exact) mass is 313 g/mol. The van der Waals surface area contributed by atoms with Gasteiger partial charge in [-0.3, -0.25) is 0 Å². The third-order valence-electron chi connectivity index (χ3n) is 2.37. The molecule has 6 N–H and O–H groups in total. The number of hydrogen-bond donors (Lipinski definition) is 4. The van der Waals surface area contributed by atoms with Crippen molar-refractivity contribution in [3.05, 3.63) is 0 Å². The molecule has 5 nitrogen and oxygen atoms in total. The molecule has 0 aromatic rings. The third-order valence-corrected chi connectivity index (χ3v) is 2.37. The zero-order valence-corrected chi connectivity index (χ0v) is 11.1. The van der Waals surface area contributed by atoms with Crippen LogP contribution in [0.4, 0.5) is 13.2 Å². The highest BCUT2D eigenvalue weighted by atomic mass is 35.5. The Morgan fingerprint density at radius 3 is 1.94 bits per heavy atom. The summed E-state index contributed by atoms with van der Waals surface area (Å²) in [5.41, 5.74) is 6.70. The summed E-state index contributed by atoms with van der Waals surface area (Å²) in [5.74, 6) is -4.24. The smallest absolute Gasteiger partial charge is 0.394 e. The number of nitrogens with one attached hydrogen (secondary N) is 1. The molecule has 0 saturated carbocycles. The van der Waals surface area contributed by atoms with Gasteiger partial charge in [-0.25, -0.2) is 4.79 Å². The number of hydrogen-bond acceptors (Lipinski definition) is 4. The Hall–Kier alpha value is -0.570. The van der Waals surface area contributed by atoms with Crippen LogP contribution in [-0.4, -0.2) is 35.0 Å². The first-order valence-electron chi connectivity index (χ1n) is 4.43. The maximum Gasteiger partial charge on any atom is 0.394 e. The van der Waals surface area contributed by atoms with Crippen LogP contribution in [-0.2, 0) is 4.79 Å². The van der Waals surface area contributed by atoms with Gasteiger partial charge in [0.1, 0.15) is 0 Å². The van der Waals surface area contributed by atoms with E-state index in [1.54, 1.807) is 0 Å². The lowest BCUT2D eigenvalue weighted by atomic mass is 9.78. The first-order valence-corrected chi connectivity index (χ1v) is 4.43. The van der Waals surface area contributed by atoms with Gasteiger partial charge in [-0.1, -0.05) is 0 Å². The number of nitrogens with two attached hydrogens (primary N) is 2. The molecule has 0 aliphatic carbocycles. The summed E-state index contributed by atoms with van der Waals surface area (Å²) in [4.78, 5) is 10.8. The van der Waals surface area contributed by atoms with Crippen molar-refractivity contribution < 1.29 is 23.1 Å². The topological polar surface area (TPSA) is 113 Å². The lowest BCUT2D eigenvalue weighted by Gasteiger charge is -2.34. The van der Waals surface area contributed by atoms with Crippen LogP contribution in [0.2, 0.25) is 0 Å². The number of alkyl halides is 3. The van der Waals surface area contributed by atoms with Crippen molar-refractivity contribution in [1.82, 2.24) is 0 Å². The average molecular weight is 314 g/mol. The minimum absolute atomic E-state index is 0. The molecule has 0 spiro atoms. The maximum atomic E-state index is 12.6. The second-order valence-corrected chi connectivity index (χ2v) is 3.47. The van der Waals surface area contributed by atoms with Crippen LogP contribution in [0, 0.1) is 11.3 Å². The second-order valence-electron chi connectivity index (χ2n) is 3.47. The summed E-state index contributed by atoms with van der Waals surface area (Å²) in [7, 11) is 0. The Kier molecular flexibility index (Phi) is 9.76. The van der Waals surface area contributed by atoms with Crippen LogP contribution in [0.15, 0.2) is 0 Å². The quantitative estimate of drug-likeness (QED) is 0.571. The fourth-order valence-corrected chi connectivity index (χ4v) is 1.39. The average Bonchev–Trinajstić information content (AvgIpc) is 2.10. The molecule has 0 amide bonds. The van der Waals surface area contributed by atoms with Gasteiger partial charge in [-0.2, -0.15) is 13.2 Å². The highest BCUT2D eigenvalue weighted by Crippen LogP contribution is 2.36. The summed E-state index contributed by atoms with van der Waals surface area (Å²) in [6.07, 6.45) is -5.45. The molecule has 0 aliphatic rings. The van der Waals surface area contributed by atoms with Crippen molar-refractivity contribution in [2.45, 2.75) is 25.1 Å². The Labute approximate surface area is 114 Å². The van der Waals surface area contributed by atoms with Gasteiger partial charge in [0, 0.05) is 5.71 Å². The molecule has 0 heterocycles. The van der Waals surface area contributed by atoms with Gasteiger partial charge in [-0.05, 0) is 19.9 Å². The van der Waals surface area contributed by atoms with E-state index in [0.717, 1.165) is 6.92 Å². The van der Waals surface area contributed by atoms with Crippen molar-refractivity contribution in [1.29, 1.82) is 5.41 Å². The van der Waals surface area contributed by atoms with E-state index in [-0.39, 0.29) is 31.4 Å². The molecule has 2 atom stereocenters. The Morgan fingerprint density at radius 2 is 1.78 bits per heavy atom. The first-order chi connectivity index (χ1) is 7.08. The second kappa shape index (κ2) is 7.78. The van der Waals surface area contributed by atoms with Gasteiger partial charge in [0.05, 0.1) is 5.92 Å². The van der Waals surface area contributed by atoms with E-state index < -0.39 is 35.7 Å². The van der Waals surface area contributed by atoms with Gasteiger partial charge in [0.2, 0.25) is 0 Å². The normalized spacial score (nSPS) is 15.7. The standard InChI is InChI=1S/C8H14F3N3O2.2ClH/c1-4(13)7(14,6(15)16)5(2-3-12)8(9,10)11;;/h5,13H,2-3,12,14H2,1H3,(H,15,16);2*1H.